The van der Waals surface area contributed by atoms with Crippen LogP contribution in [0.3, 0.4) is 0 Å². The monoisotopic (exact) mass is 677 g/mol. The van der Waals surface area contributed by atoms with Crippen LogP contribution in [0.5, 0.6) is 0 Å². The van der Waals surface area contributed by atoms with Crippen molar-refractivity contribution in [2.45, 2.75) is 0 Å². The summed E-state index contributed by atoms with van der Waals surface area (Å²) in [7, 11) is 0. The van der Waals surface area contributed by atoms with E-state index in [0.717, 1.165) is 71.9 Å². The lowest BCUT2D eigenvalue weighted by Gasteiger charge is -2.08. The average Bonchev–Trinajstić information content (AvgIpc) is 3.88. The van der Waals surface area contributed by atoms with Crippen molar-refractivity contribution in [1.29, 1.82) is 0 Å². The normalized spacial score (nSPS) is 12.2. The third-order valence-electron chi connectivity index (χ3n) is 10.8. The van der Waals surface area contributed by atoms with E-state index in [9.17, 15) is 0 Å². The average molecular weight is 678 g/mol. The number of hydrogen-bond donors (Lipinski definition) is 0. The van der Waals surface area contributed by atoms with E-state index >= 15 is 0 Å². The van der Waals surface area contributed by atoms with Gasteiger partial charge < -0.3 is 13.4 Å². The highest BCUT2D eigenvalue weighted by atomic mass is 16.3. The lowest BCUT2D eigenvalue weighted by Crippen LogP contribution is -1.92. The molecule has 0 amide bonds. The van der Waals surface area contributed by atoms with Crippen LogP contribution in [0.15, 0.2) is 173 Å². The molecule has 5 nitrogen and oxygen atoms in total. The first-order valence-corrected chi connectivity index (χ1v) is 17.8. The predicted molar refractivity (Wildman–Crippen MR) is 217 cm³/mol. The van der Waals surface area contributed by atoms with Crippen LogP contribution in [0, 0.1) is 0 Å². The number of benzene rings is 8. The fourth-order valence-electron chi connectivity index (χ4n) is 8.39. The third-order valence-corrected chi connectivity index (χ3v) is 10.8. The second-order valence-corrected chi connectivity index (χ2v) is 13.8. The van der Waals surface area contributed by atoms with Crippen LogP contribution in [-0.4, -0.2) is 14.5 Å². The Morgan fingerprint density at radius 1 is 0.453 bits per heavy atom. The Bertz CT molecular complexity index is 3460. The lowest BCUT2D eigenvalue weighted by molar-refractivity contribution is 0.654. The molecule has 0 unspecified atom stereocenters. The van der Waals surface area contributed by atoms with Crippen molar-refractivity contribution in [2.75, 3.05) is 0 Å². The van der Waals surface area contributed by atoms with Crippen LogP contribution in [-0.2, 0) is 0 Å². The van der Waals surface area contributed by atoms with E-state index in [-0.39, 0.29) is 0 Å². The smallest absolute Gasteiger partial charge is 0.246 e. The molecule has 0 aliphatic rings. The van der Waals surface area contributed by atoms with Crippen LogP contribution in [0.2, 0.25) is 0 Å². The molecule has 53 heavy (non-hydrogen) atoms. The molecule has 5 heteroatoms. The van der Waals surface area contributed by atoms with E-state index in [1.165, 1.54) is 38.0 Å². The Kier molecular flexibility index (Phi) is 5.71. The molecule has 4 heterocycles. The number of nitrogens with zero attached hydrogens (tertiary/aromatic N) is 3. The molecule has 0 fully saturated rings. The Morgan fingerprint density at radius 3 is 2.15 bits per heavy atom. The number of para-hydroxylation sites is 2. The first-order chi connectivity index (χ1) is 26.2. The van der Waals surface area contributed by atoms with Crippen molar-refractivity contribution in [2.24, 2.45) is 0 Å². The van der Waals surface area contributed by atoms with Gasteiger partial charge in [0.15, 0.2) is 0 Å². The third kappa shape index (κ3) is 4.13. The van der Waals surface area contributed by atoms with Crippen molar-refractivity contribution in [1.82, 2.24) is 14.5 Å². The van der Waals surface area contributed by atoms with Crippen molar-refractivity contribution >= 4 is 87.5 Å². The van der Waals surface area contributed by atoms with Gasteiger partial charge in [-0.3, -0.25) is 0 Å². The molecule has 0 aliphatic carbocycles. The van der Waals surface area contributed by atoms with Gasteiger partial charge in [0.25, 0.3) is 0 Å². The molecule has 0 atom stereocenters. The van der Waals surface area contributed by atoms with Gasteiger partial charge in [-0.05, 0) is 93.3 Å². The van der Waals surface area contributed by atoms with Crippen LogP contribution in [0.1, 0.15) is 0 Å². The first kappa shape index (κ1) is 28.5. The SMILES string of the molecule is c1ccc(-n2c3ccccc3c3cc(-c4ccc5oc6cccc(-c7cnc8c(n7)oc7cc9ccc%10ccccc%10c9cc78)c6c5c4)ccc32)cc1. The molecule has 8 aromatic carbocycles. The predicted octanol–water partition coefficient (Wildman–Crippen LogP) is 13.0. The summed E-state index contributed by atoms with van der Waals surface area (Å²) >= 11 is 0. The highest BCUT2D eigenvalue weighted by Gasteiger charge is 2.19. The maximum atomic E-state index is 6.43. The van der Waals surface area contributed by atoms with Crippen LogP contribution in [0.4, 0.5) is 0 Å². The van der Waals surface area contributed by atoms with Gasteiger partial charge in [0, 0.05) is 38.2 Å². The molecular weight excluding hydrogens is 651 g/mol. The van der Waals surface area contributed by atoms with Gasteiger partial charge in [0.1, 0.15) is 22.3 Å². The number of rotatable bonds is 3. The minimum Gasteiger partial charge on any atom is -0.456 e. The maximum absolute atomic E-state index is 6.43. The largest absolute Gasteiger partial charge is 0.456 e. The summed E-state index contributed by atoms with van der Waals surface area (Å²) in [5, 5.41) is 10.2. The molecule has 0 spiro atoms. The van der Waals surface area contributed by atoms with Gasteiger partial charge in [-0.25, -0.2) is 9.97 Å². The lowest BCUT2D eigenvalue weighted by atomic mass is 9.98. The van der Waals surface area contributed by atoms with E-state index in [2.05, 4.69) is 150 Å². The Hall–Kier alpha value is -7.24. The Balaban J connectivity index is 1.01. The first-order valence-electron chi connectivity index (χ1n) is 17.8. The minimum absolute atomic E-state index is 0.519. The molecule has 0 N–H and O–H groups in total. The summed E-state index contributed by atoms with van der Waals surface area (Å²) in [6.07, 6.45) is 1.86. The van der Waals surface area contributed by atoms with Crippen molar-refractivity contribution in [3.8, 4) is 28.1 Å². The summed E-state index contributed by atoms with van der Waals surface area (Å²) < 4.78 is 15.2. The quantitative estimate of drug-likeness (QED) is 0.175. The van der Waals surface area contributed by atoms with Gasteiger partial charge in [-0.2, -0.15) is 0 Å². The zero-order valence-electron chi connectivity index (χ0n) is 28.2. The van der Waals surface area contributed by atoms with Crippen LogP contribution < -0.4 is 0 Å². The number of hydrogen-bond acceptors (Lipinski definition) is 4. The van der Waals surface area contributed by atoms with Crippen molar-refractivity contribution in [3.63, 3.8) is 0 Å². The van der Waals surface area contributed by atoms with Crippen LogP contribution in [0.25, 0.3) is 116 Å². The number of furan rings is 2. The number of aromatic nitrogens is 3. The zero-order valence-corrected chi connectivity index (χ0v) is 28.2. The molecule has 0 saturated carbocycles. The molecule has 12 rings (SSSR count). The Labute approximate surface area is 302 Å². The molecule has 0 bridgehead atoms. The van der Waals surface area contributed by atoms with Gasteiger partial charge in [0.2, 0.25) is 5.71 Å². The van der Waals surface area contributed by atoms with Gasteiger partial charge in [0.05, 0.1) is 22.9 Å². The second-order valence-electron chi connectivity index (χ2n) is 13.8. The second kappa shape index (κ2) is 10.6. The summed E-state index contributed by atoms with van der Waals surface area (Å²) in [6.45, 7) is 0. The minimum atomic E-state index is 0.519. The molecule has 12 aromatic rings. The molecular formula is C48H27N3O2. The molecule has 0 saturated heterocycles. The number of fused-ring (bicyclic) bond motifs is 12. The molecule has 4 aromatic heterocycles. The topological polar surface area (TPSA) is 57.0 Å². The van der Waals surface area contributed by atoms with Crippen molar-refractivity contribution in [3.05, 3.63) is 164 Å². The summed E-state index contributed by atoms with van der Waals surface area (Å²) in [6, 6.07) is 55.6. The van der Waals surface area contributed by atoms with E-state index in [4.69, 9.17) is 18.8 Å². The molecule has 246 valence electrons. The summed E-state index contributed by atoms with van der Waals surface area (Å²) in [5.74, 6) is 0. The molecule has 0 radical (unpaired) electrons. The Morgan fingerprint density at radius 2 is 1.23 bits per heavy atom. The van der Waals surface area contributed by atoms with E-state index < -0.39 is 0 Å². The summed E-state index contributed by atoms with van der Waals surface area (Å²) in [5.41, 5.74) is 11.2. The summed E-state index contributed by atoms with van der Waals surface area (Å²) in [4.78, 5) is 10.0. The fourth-order valence-corrected chi connectivity index (χ4v) is 8.39. The van der Waals surface area contributed by atoms with E-state index in [1.54, 1.807) is 0 Å². The fraction of sp³-hybridized carbons (Fsp3) is 0. The zero-order chi connectivity index (χ0) is 34.6. The van der Waals surface area contributed by atoms with Gasteiger partial charge >= 0.3 is 0 Å². The standard InChI is InChI=1S/C48H27N3O2/c1-2-10-32(11-3-1)51-41-15-7-6-13-34(41)37-23-29(19-21-42(37)51)30-20-22-43-38(24-30)46-35(14-8-16-44(46)52-43)40-27-49-47-39-26-36-31(25-45(39)53-48(47)50-40)18-17-28-9-4-5-12-33(28)36/h1-27H. The highest BCUT2D eigenvalue weighted by Crippen LogP contribution is 2.41. The van der Waals surface area contributed by atoms with E-state index in [0.29, 0.717) is 5.71 Å². The highest BCUT2D eigenvalue weighted by molar-refractivity contribution is 6.17. The maximum Gasteiger partial charge on any atom is 0.246 e. The van der Waals surface area contributed by atoms with E-state index in [1.807, 2.05) is 18.3 Å². The van der Waals surface area contributed by atoms with Gasteiger partial charge in [-0.1, -0.05) is 97.1 Å². The van der Waals surface area contributed by atoms with Gasteiger partial charge in [-0.15, -0.1) is 0 Å². The van der Waals surface area contributed by atoms with Crippen LogP contribution >= 0.6 is 0 Å². The van der Waals surface area contributed by atoms with Crippen molar-refractivity contribution < 1.29 is 8.83 Å². The molecule has 0 aliphatic heterocycles.